The van der Waals surface area contributed by atoms with E-state index in [4.69, 9.17) is 4.74 Å². The number of benzene rings is 2. The Bertz CT molecular complexity index is 695. The zero-order chi connectivity index (χ0) is 16.7. The molecule has 0 unspecified atom stereocenters. The molecule has 1 N–H and O–H groups in total. The minimum absolute atomic E-state index is 0.0215. The van der Waals surface area contributed by atoms with Crippen molar-refractivity contribution < 1.29 is 14.3 Å². The average molecular weight is 311 g/mol. The highest BCUT2D eigenvalue weighted by Crippen LogP contribution is 2.20. The van der Waals surface area contributed by atoms with Crippen molar-refractivity contribution in [2.75, 3.05) is 11.9 Å². The Labute approximate surface area is 136 Å². The molecule has 0 saturated heterocycles. The van der Waals surface area contributed by atoms with Crippen molar-refractivity contribution in [3.8, 4) is 5.75 Å². The Hall–Kier alpha value is -2.62. The van der Waals surface area contributed by atoms with E-state index in [1.807, 2.05) is 31.2 Å². The molecule has 0 radical (unpaired) electrons. The van der Waals surface area contributed by atoms with Crippen molar-refractivity contribution in [3.63, 3.8) is 0 Å². The summed E-state index contributed by atoms with van der Waals surface area (Å²) in [7, 11) is 0. The third-order valence-corrected chi connectivity index (χ3v) is 3.45. The minimum Gasteiger partial charge on any atom is -0.494 e. The molecule has 120 valence electrons. The number of hydrogen-bond acceptors (Lipinski definition) is 3. The molecule has 2 rings (SSSR count). The lowest BCUT2D eigenvalue weighted by Crippen LogP contribution is -2.13. The number of rotatable bonds is 7. The van der Waals surface area contributed by atoms with Crippen molar-refractivity contribution in [3.05, 3.63) is 59.7 Å². The zero-order valence-electron chi connectivity index (χ0n) is 13.5. The number of hydrogen-bond donors (Lipinski definition) is 1. The lowest BCUT2D eigenvalue weighted by molar-refractivity contribution is -0.116. The van der Waals surface area contributed by atoms with Gasteiger partial charge in [0.25, 0.3) is 0 Å². The molecular weight excluding hydrogens is 290 g/mol. The maximum absolute atomic E-state index is 12.1. The van der Waals surface area contributed by atoms with Crippen LogP contribution in [0.3, 0.4) is 0 Å². The number of Topliss-reactive ketones (excluding diaryl/α,β-unsaturated/α-hetero) is 1. The summed E-state index contributed by atoms with van der Waals surface area (Å²) in [6.07, 6.45) is 0.961. The second kappa shape index (κ2) is 8.13. The monoisotopic (exact) mass is 311 g/mol. The summed E-state index contributed by atoms with van der Waals surface area (Å²) >= 11 is 0. The van der Waals surface area contributed by atoms with Gasteiger partial charge in [0.2, 0.25) is 5.91 Å². The summed E-state index contributed by atoms with van der Waals surface area (Å²) in [6, 6.07) is 14.7. The first-order valence-electron chi connectivity index (χ1n) is 7.71. The third-order valence-electron chi connectivity index (χ3n) is 3.45. The van der Waals surface area contributed by atoms with Crippen LogP contribution in [0.1, 0.15) is 36.2 Å². The van der Waals surface area contributed by atoms with Gasteiger partial charge in [0.05, 0.1) is 6.61 Å². The standard InChI is InChI=1S/C19H21NO3/c1-3-23-18-10-5-4-7-15(18)11-12-19(22)20-17-9-6-8-16(13-17)14(2)21/h4-10,13H,3,11-12H2,1-2H3,(H,20,22). The summed E-state index contributed by atoms with van der Waals surface area (Å²) < 4.78 is 5.56. The fourth-order valence-electron chi connectivity index (χ4n) is 2.29. The summed E-state index contributed by atoms with van der Waals surface area (Å²) in [5, 5.41) is 2.83. The highest BCUT2D eigenvalue weighted by Gasteiger charge is 2.08. The van der Waals surface area contributed by atoms with E-state index in [2.05, 4.69) is 5.32 Å². The molecule has 0 aliphatic carbocycles. The van der Waals surface area contributed by atoms with Crippen molar-refractivity contribution >= 4 is 17.4 Å². The molecular formula is C19H21NO3. The first-order chi connectivity index (χ1) is 11.1. The minimum atomic E-state index is -0.0861. The van der Waals surface area contributed by atoms with Gasteiger partial charge in [-0.1, -0.05) is 30.3 Å². The van der Waals surface area contributed by atoms with Crippen LogP contribution in [0.2, 0.25) is 0 Å². The molecule has 0 atom stereocenters. The molecule has 0 bridgehead atoms. The van der Waals surface area contributed by atoms with Crippen LogP contribution in [0.4, 0.5) is 5.69 Å². The molecule has 2 aromatic carbocycles. The van der Waals surface area contributed by atoms with E-state index in [-0.39, 0.29) is 11.7 Å². The maximum atomic E-state index is 12.1. The molecule has 0 fully saturated rings. The Morgan fingerprint density at radius 1 is 1.09 bits per heavy atom. The van der Waals surface area contributed by atoms with Gasteiger partial charge in [-0.25, -0.2) is 0 Å². The van der Waals surface area contributed by atoms with E-state index >= 15 is 0 Å². The Morgan fingerprint density at radius 2 is 1.87 bits per heavy atom. The van der Waals surface area contributed by atoms with E-state index in [0.29, 0.717) is 30.7 Å². The van der Waals surface area contributed by atoms with Crippen LogP contribution in [-0.4, -0.2) is 18.3 Å². The molecule has 23 heavy (non-hydrogen) atoms. The van der Waals surface area contributed by atoms with Gasteiger partial charge in [0, 0.05) is 17.7 Å². The van der Waals surface area contributed by atoms with Gasteiger partial charge >= 0.3 is 0 Å². The molecule has 0 aliphatic rings. The summed E-state index contributed by atoms with van der Waals surface area (Å²) in [5.74, 6) is 0.713. The number of amides is 1. The molecule has 0 heterocycles. The molecule has 2 aromatic rings. The maximum Gasteiger partial charge on any atom is 0.224 e. The molecule has 1 amide bonds. The summed E-state index contributed by atoms with van der Waals surface area (Å²) in [5.41, 5.74) is 2.24. The number of aryl methyl sites for hydroxylation is 1. The van der Waals surface area contributed by atoms with E-state index in [0.717, 1.165) is 11.3 Å². The second-order valence-electron chi connectivity index (χ2n) is 5.23. The number of ether oxygens (including phenoxy) is 1. The first-order valence-corrected chi connectivity index (χ1v) is 7.71. The molecule has 0 aromatic heterocycles. The highest BCUT2D eigenvalue weighted by atomic mass is 16.5. The van der Waals surface area contributed by atoms with Crippen LogP contribution in [0.25, 0.3) is 0 Å². The van der Waals surface area contributed by atoms with E-state index in [1.54, 1.807) is 24.3 Å². The van der Waals surface area contributed by atoms with Crippen LogP contribution < -0.4 is 10.1 Å². The van der Waals surface area contributed by atoms with Crippen LogP contribution in [-0.2, 0) is 11.2 Å². The summed E-state index contributed by atoms with van der Waals surface area (Å²) in [4.78, 5) is 23.5. The van der Waals surface area contributed by atoms with Gasteiger partial charge < -0.3 is 10.1 Å². The van der Waals surface area contributed by atoms with Crippen molar-refractivity contribution in [1.29, 1.82) is 0 Å². The molecule has 0 saturated carbocycles. The number of carbonyl (C=O) groups is 2. The van der Waals surface area contributed by atoms with Crippen LogP contribution in [0, 0.1) is 0 Å². The first kappa shape index (κ1) is 16.7. The summed E-state index contributed by atoms with van der Waals surface area (Å²) in [6.45, 7) is 4.04. The SMILES string of the molecule is CCOc1ccccc1CCC(=O)Nc1cccc(C(C)=O)c1. The molecule has 0 spiro atoms. The van der Waals surface area contributed by atoms with Gasteiger partial charge in [-0.15, -0.1) is 0 Å². The average Bonchev–Trinajstić information content (AvgIpc) is 2.54. The van der Waals surface area contributed by atoms with E-state index in [9.17, 15) is 9.59 Å². The molecule has 4 heteroatoms. The topological polar surface area (TPSA) is 55.4 Å². The lowest BCUT2D eigenvalue weighted by atomic mass is 10.1. The van der Waals surface area contributed by atoms with Crippen LogP contribution in [0.15, 0.2) is 48.5 Å². The normalized spacial score (nSPS) is 10.2. The third kappa shape index (κ3) is 4.95. The van der Waals surface area contributed by atoms with Crippen molar-refractivity contribution in [2.45, 2.75) is 26.7 Å². The van der Waals surface area contributed by atoms with Gasteiger partial charge in [0.1, 0.15) is 5.75 Å². The molecule has 0 aliphatic heterocycles. The number of ketones is 1. The Kier molecular flexibility index (Phi) is 5.92. The number of para-hydroxylation sites is 1. The van der Waals surface area contributed by atoms with Crippen molar-refractivity contribution in [2.24, 2.45) is 0 Å². The van der Waals surface area contributed by atoms with Gasteiger partial charge in [-0.05, 0) is 44.0 Å². The highest BCUT2D eigenvalue weighted by molar-refractivity contribution is 5.97. The number of nitrogens with one attached hydrogen (secondary N) is 1. The number of anilines is 1. The van der Waals surface area contributed by atoms with Crippen LogP contribution >= 0.6 is 0 Å². The van der Waals surface area contributed by atoms with Crippen LogP contribution in [0.5, 0.6) is 5.75 Å². The predicted octanol–water partition coefficient (Wildman–Crippen LogP) is 3.86. The van der Waals surface area contributed by atoms with Crippen molar-refractivity contribution in [1.82, 2.24) is 0 Å². The molecule has 4 nitrogen and oxygen atoms in total. The largest absolute Gasteiger partial charge is 0.494 e. The smallest absolute Gasteiger partial charge is 0.224 e. The Morgan fingerprint density at radius 3 is 2.61 bits per heavy atom. The quantitative estimate of drug-likeness (QED) is 0.790. The number of carbonyl (C=O) groups excluding carboxylic acids is 2. The predicted molar refractivity (Wildman–Crippen MR) is 91.0 cm³/mol. The fraction of sp³-hybridized carbons (Fsp3) is 0.263. The fourth-order valence-corrected chi connectivity index (χ4v) is 2.29. The zero-order valence-corrected chi connectivity index (χ0v) is 13.5. The second-order valence-corrected chi connectivity index (χ2v) is 5.23. The van der Waals surface area contributed by atoms with Gasteiger partial charge in [0.15, 0.2) is 5.78 Å². The van der Waals surface area contributed by atoms with Gasteiger partial charge in [-0.2, -0.15) is 0 Å². The van der Waals surface area contributed by atoms with E-state index < -0.39 is 0 Å². The Balaban J connectivity index is 1.95. The van der Waals surface area contributed by atoms with E-state index in [1.165, 1.54) is 6.92 Å². The lowest BCUT2D eigenvalue weighted by Gasteiger charge is -2.10. The van der Waals surface area contributed by atoms with Gasteiger partial charge in [-0.3, -0.25) is 9.59 Å².